The summed E-state index contributed by atoms with van der Waals surface area (Å²) in [6, 6.07) is 0.452. The lowest BCUT2D eigenvalue weighted by atomic mass is 9.78. The van der Waals surface area contributed by atoms with Crippen LogP contribution >= 0.6 is 0 Å². The zero-order valence-corrected chi connectivity index (χ0v) is 13.7. The predicted octanol–water partition coefficient (Wildman–Crippen LogP) is 1.56. The normalized spacial score (nSPS) is 34.6. The lowest BCUT2D eigenvalue weighted by molar-refractivity contribution is -0.154. The Morgan fingerprint density at radius 2 is 2.29 bits per heavy atom. The van der Waals surface area contributed by atoms with Gasteiger partial charge in [0.2, 0.25) is 0 Å². The number of nitrogens with one attached hydrogen (secondary N) is 1. The van der Waals surface area contributed by atoms with Crippen molar-refractivity contribution >= 4 is 5.97 Å². The zero-order valence-electron chi connectivity index (χ0n) is 13.7. The second kappa shape index (κ2) is 7.56. The molecule has 122 valence electrons. The Balaban J connectivity index is 2.03. The number of carbonyl (C=O) groups is 1. The third-order valence-corrected chi connectivity index (χ3v) is 5.01. The first-order valence-corrected chi connectivity index (χ1v) is 8.37. The molecule has 5 nitrogen and oxygen atoms in total. The topological polar surface area (TPSA) is 50.8 Å². The fraction of sp³-hybridized carbons (Fsp3) is 0.938. The molecule has 0 bridgehead atoms. The molecule has 21 heavy (non-hydrogen) atoms. The number of hydrogen-bond acceptors (Lipinski definition) is 5. The number of carbonyl (C=O) groups excluding carboxylic acids is 1. The first kappa shape index (κ1) is 16.7. The smallest absolute Gasteiger partial charge is 0.326 e. The fourth-order valence-electron chi connectivity index (χ4n) is 3.66. The van der Waals surface area contributed by atoms with Crippen LogP contribution in [0.1, 0.15) is 46.0 Å². The SMILES string of the molecule is CCOC(=O)C1(NC)CCCC(N2CCOC(CC)C2)C1. The van der Waals surface area contributed by atoms with E-state index in [9.17, 15) is 4.79 Å². The predicted molar refractivity (Wildman–Crippen MR) is 82.3 cm³/mol. The molecule has 2 fully saturated rings. The second-order valence-electron chi connectivity index (χ2n) is 6.20. The van der Waals surface area contributed by atoms with Gasteiger partial charge in [0.25, 0.3) is 0 Å². The maximum Gasteiger partial charge on any atom is 0.326 e. The Morgan fingerprint density at radius 1 is 1.48 bits per heavy atom. The average molecular weight is 298 g/mol. The van der Waals surface area contributed by atoms with Crippen LogP contribution in [0.4, 0.5) is 0 Å². The van der Waals surface area contributed by atoms with Crippen LogP contribution in [0.25, 0.3) is 0 Å². The maximum absolute atomic E-state index is 12.4. The van der Waals surface area contributed by atoms with Gasteiger partial charge in [0.1, 0.15) is 5.54 Å². The third kappa shape index (κ3) is 3.76. The molecule has 0 aromatic heterocycles. The van der Waals surface area contributed by atoms with Gasteiger partial charge in [-0.25, -0.2) is 0 Å². The van der Waals surface area contributed by atoms with Gasteiger partial charge in [-0.2, -0.15) is 0 Å². The van der Waals surface area contributed by atoms with Crippen molar-refractivity contribution < 1.29 is 14.3 Å². The highest BCUT2D eigenvalue weighted by Gasteiger charge is 2.44. The lowest BCUT2D eigenvalue weighted by Gasteiger charge is -2.45. The van der Waals surface area contributed by atoms with E-state index in [1.165, 1.54) is 6.42 Å². The molecule has 0 aromatic rings. The molecular weight excluding hydrogens is 268 g/mol. The quantitative estimate of drug-likeness (QED) is 0.781. The second-order valence-corrected chi connectivity index (χ2v) is 6.20. The first-order chi connectivity index (χ1) is 10.1. The summed E-state index contributed by atoms with van der Waals surface area (Å²) in [5, 5.41) is 3.26. The molecule has 5 heteroatoms. The minimum absolute atomic E-state index is 0.0856. The van der Waals surface area contributed by atoms with Crippen LogP contribution in [-0.4, -0.2) is 61.9 Å². The largest absolute Gasteiger partial charge is 0.465 e. The highest BCUT2D eigenvalue weighted by molar-refractivity contribution is 5.81. The first-order valence-electron chi connectivity index (χ1n) is 8.37. The van der Waals surface area contributed by atoms with Crippen molar-refractivity contribution in [1.29, 1.82) is 0 Å². The Labute approximate surface area is 128 Å². The van der Waals surface area contributed by atoms with Crippen LogP contribution in [0.15, 0.2) is 0 Å². The summed E-state index contributed by atoms with van der Waals surface area (Å²) in [7, 11) is 1.88. The molecule has 0 aromatic carbocycles. The Kier molecular flexibility index (Phi) is 6.02. The van der Waals surface area contributed by atoms with Gasteiger partial charge < -0.3 is 14.8 Å². The summed E-state index contributed by atoms with van der Waals surface area (Å²) in [6.07, 6.45) is 5.35. The van der Waals surface area contributed by atoms with Gasteiger partial charge in [-0.3, -0.25) is 9.69 Å². The maximum atomic E-state index is 12.4. The van der Waals surface area contributed by atoms with Gasteiger partial charge in [0, 0.05) is 19.1 Å². The number of ether oxygens (including phenoxy) is 2. The van der Waals surface area contributed by atoms with E-state index < -0.39 is 5.54 Å². The van der Waals surface area contributed by atoms with E-state index in [-0.39, 0.29) is 5.97 Å². The van der Waals surface area contributed by atoms with Gasteiger partial charge >= 0.3 is 5.97 Å². The number of hydrogen-bond donors (Lipinski definition) is 1. The van der Waals surface area contributed by atoms with Crippen molar-refractivity contribution in [3.05, 3.63) is 0 Å². The summed E-state index contributed by atoms with van der Waals surface area (Å²) in [4.78, 5) is 14.9. The molecule has 3 unspecified atom stereocenters. The Hall–Kier alpha value is -0.650. The Morgan fingerprint density at radius 3 is 2.95 bits per heavy atom. The molecule has 1 heterocycles. The standard InChI is InChI=1S/C16H30N2O3/c1-4-14-12-18(9-10-21-14)13-7-6-8-16(11-13,17-3)15(19)20-5-2/h13-14,17H,4-12H2,1-3H3. The van der Waals surface area contributed by atoms with Gasteiger partial charge in [0.15, 0.2) is 0 Å². The summed E-state index contributed by atoms with van der Waals surface area (Å²) >= 11 is 0. The summed E-state index contributed by atoms with van der Waals surface area (Å²) in [5.41, 5.74) is -0.501. The molecule has 1 aliphatic carbocycles. The number of rotatable bonds is 5. The number of esters is 1. The highest BCUT2D eigenvalue weighted by Crippen LogP contribution is 2.33. The highest BCUT2D eigenvalue weighted by atomic mass is 16.5. The third-order valence-electron chi connectivity index (χ3n) is 5.01. The van der Waals surface area contributed by atoms with Crippen LogP contribution in [-0.2, 0) is 14.3 Å². The molecular formula is C16H30N2O3. The Bertz CT molecular complexity index is 350. The average Bonchev–Trinajstić information content (AvgIpc) is 2.55. The summed E-state index contributed by atoms with van der Waals surface area (Å²) in [5.74, 6) is -0.0856. The number of morpholine rings is 1. The van der Waals surface area contributed by atoms with Gasteiger partial charge in [-0.15, -0.1) is 0 Å². The molecule has 2 rings (SSSR count). The molecule has 1 aliphatic heterocycles. The van der Waals surface area contributed by atoms with Crippen LogP contribution in [0, 0.1) is 0 Å². The van der Waals surface area contributed by atoms with E-state index in [1.807, 2.05) is 14.0 Å². The van der Waals surface area contributed by atoms with Crippen LogP contribution in [0.3, 0.4) is 0 Å². The van der Waals surface area contributed by atoms with Crippen LogP contribution < -0.4 is 5.32 Å². The number of likely N-dealkylation sites (N-methyl/N-ethyl adjacent to an activating group) is 1. The van der Waals surface area contributed by atoms with Crippen LogP contribution in [0.2, 0.25) is 0 Å². The minimum atomic E-state index is -0.501. The van der Waals surface area contributed by atoms with Gasteiger partial charge in [-0.1, -0.05) is 6.92 Å². The van der Waals surface area contributed by atoms with Gasteiger partial charge in [0.05, 0.1) is 19.3 Å². The molecule has 1 saturated heterocycles. The molecule has 0 radical (unpaired) electrons. The van der Waals surface area contributed by atoms with E-state index in [4.69, 9.17) is 9.47 Å². The number of nitrogens with zero attached hydrogens (tertiary/aromatic N) is 1. The lowest BCUT2D eigenvalue weighted by Crippen LogP contribution is -2.59. The van der Waals surface area contributed by atoms with Crippen molar-refractivity contribution in [2.75, 3.05) is 33.4 Å². The fourth-order valence-corrected chi connectivity index (χ4v) is 3.66. The minimum Gasteiger partial charge on any atom is -0.465 e. The molecule has 0 spiro atoms. The van der Waals surface area contributed by atoms with Crippen molar-refractivity contribution in [3.63, 3.8) is 0 Å². The van der Waals surface area contributed by atoms with Crippen LogP contribution in [0.5, 0.6) is 0 Å². The van der Waals surface area contributed by atoms with E-state index in [0.29, 0.717) is 18.8 Å². The summed E-state index contributed by atoms with van der Waals surface area (Å²) in [6.45, 7) is 7.26. The summed E-state index contributed by atoms with van der Waals surface area (Å²) < 4.78 is 11.1. The van der Waals surface area contributed by atoms with Crippen molar-refractivity contribution in [2.24, 2.45) is 0 Å². The molecule has 0 amide bonds. The van der Waals surface area contributed by atoms with Crippen molar-refractivity contribution in [3.8, 4) is 0 Å². The van der Waals surface area contributed by atoms with Crippen molar-refractivity contribution in [1.82, 2.24) is 10.2 Å². The molecule has 2 aliphatic rings. The van der Waals surface area contributed by atoms with E-state index in [0.717, 1.165) is 45.4 Å². The molecule has 3 atom stereocenters. The van der Waals surface area contributed by atoms with E-state index >= 15 is 0 Å². The molecule has 1 saturated carbocycles. The van der Waals surface area contributed by atoms with Gasteiger partial charge in [-0.05, 0) is 46.1 Å². The van der Waals surface area contributed by atoms with E-state index in [1.54, 1.807) is 0 Å². The van der Waals surface area contributed by atoms with Crippen molar-refractivity contribution in [2.45, 2.75) is 63.6 Å². The molecule has 1 N–H and O–H groups in total. The zero-order chi connectivity index (χ0) is 15.3. The monoisotopic (exact) mass is 298 g/mol. The van der Waals surface area contributed by atoms with E-state index in [2.05, 4.69) is 17.1 Å².